The van der Waals surface area contributed by atoms with E-state index >= 15 is 0 Å². The lowest BCUT2D eigenvalue weighted by atomic mass is 10.0. The molecule has 1 aromatic carbocycles. The van der Waals surface area contributed by atoms with Crippen molar-refractivity contribution < 1.29 is 18.6 Å². The minimum absolute atomic E-state index is 0.148. The zero-order chi connectivity index (χ0) is 22.2. The van der Waals surface area contributed by atoms with Crippen molar-refractivity contribution in [2.75, 3.05) is 33.1 Å². The van der Waals surface area contributed by atoms with Crippen LogP contribution in [0.15, 0.2) is 24.3 Å². The highest BCUT2D eigenvalue weighted by Crippen LogP contribution is 2.15. The summed E-state index contributed by atoms with van der Waals surface area (Å²) >= 11 is 0. The first-order valence-corrected chi connectivity index (χ1v) is 12.8. The van der Waals surface area contributed by atoms with Crippen LogP contribution in [0.5, 0.6) is 5.75 Å². The summed E-state index contributed by atoms with van der Waals surface area (Å²) in [5, 5.41) is 0. The number of alkyl halides is 1. The Hall–Kier alpha value is -1.13. The van der Waals surface area contributed by atoms with Gasteiger partial charge in [0.05, 0.1) is 33.0 Å². The third kappa shape index (κ3) is 18.2. The van der Waals surface area contributed by atoms with Gasteiger partial charge in [0.15, 0.2) is 0 Å². The van der Waals surface area contributed by atoms with Gasteiger partial charge >= 0.3 is 0 Å². The molecule has 0 aliphatic heterocycles. The molecule has 1 rings (SSSR count). The van der Waals surface area contributed by atoms with E-state index in [1.165, 1.54) is 83.5 Å². The summed E-state index contributed by atoms with van der Waals surface area (Å²) in [7, 11) is 0. The first-order valence-electron chi connectivity index (χ1n) is 12.8. The minimum atomic E-state index is -0.444. The van der Waals surface area contributed by atoms with E-state index in [0.29, 0.717) is 19.8 Å². The van der Waals surface area contributed by atoms with Crippen molar-refractivity contribution in [2.24, 2.45) is 0 Å². The second kappa shape index (κ2) is 22.1. The molecule has 0 atom stereocenters. The zero-order valence-electron chi connectivity index (χ0n) is 20.1. The molecule has 0 saturated carbocycles. The monoisotopic (exact) mass is 437 g/mol. The van der Waals surface area contributed by atoms with Crippen LogP contribution in [0.4, 0.5) is 4.39 Å². The van der Waals surface area contributed by atoms with Crippen molar-refractivity contribution in [2.45, 2.75) is 103 Å². The first kappa shape index (κ1) is 27.9. The largest absolute Gasteiger partial charge is 0.494 e. The van der Waals surface area contributed by atoms with Gasteiger partial charge in [-0.05, 0) is 24.1 Å². The fourth-order valence-electron chi connectivity index (χ4n) is 3.63. The van der Waals surface area contributed by atoms with Gasteiger partial charge in [-0.25, -0.2) is 4.39 Å². The molecule has 0 bridgehead atoms. The van der Waals surface area contributed by atoms with Crippen LogP contribution in [-0.4, -0.2) is 33.1 Å². The molecular formula is C27H47FO3. The molecule has 0 amide bonds. The van der Waals surface area contributed by atoms with E-state index in [2.05, 4.69) is 6.92 Å². The molecule has 0 radical (unpaired) electrons. The third-order valence-electron chi connectivity index (χ3n) is 5.55. The van der Waals surface area contributed by atoms with Gasteiger partial charge in [0.2, 0.25) is 0 Å². The van der Waals surface area contributed by atoms with Crippen molar-refractivity contribution in [1.29, 1.82) is 0 Å². The summed E-state index contributed by atoms with van der Waals surface area (Å²) in [4.78, 5) is 0. The van der Waals surface area contributed by atoms with Crippen LogP contribution < -0.4 is 4.74 Å². The van der Waals surface area contributed by atoms with Crippen molar-refractivity contribution >= 4 is 0 Å². The van der Waals surface area contributed by atoms with Crippen LogP contribution in [0.2, 0.25) is 0 Å². The average Bonchev–Trinajstić information content (AvgIpc) is 2.79. The lowest BCUT2D eigenvalue weighted by molar-refractivity contribution is 0.0361. The molecule has 0 N–H and O–H groups in total. The van der Waals surface area contributed by atoms with E-state index in [1.807, 2.05) is 24.3 Å². The topological polar surface area (TPSA) is 27.7 Å². The van der Waals surface area contributed by atoms with E-state index in [9.17, 15) is 4.39 Å². The summed E-state index contributed by atoms with van der Waals surface area (Å²) in [6, 6.07) is 8.07. The molecule has 0 unspecified atom stereocenters. The molecule has 4 heteroatoms. The number of hydrogen-bond acceptors (Lipinski definition) is 3. The Labute approximate surface area is 191 Å². The van der Waals surface area contributed by atoms with Crippen LogP contribution in [0, 0.1) is 0 Å². The van der Waals surface area contributed by atoms with Gasteiger partial charge in [0.1, 0.15) is 12.4 Å². The molecule has 31 heavy (non-hydrogen) atoms. The summed E-state index contributed by atoms with van der Waals surface area (Å²) in [5.41, 5.74) is 1.11. The maximum atomic E-state index is 11.9. The fraction of sp³-hybridized carbons (Fsp3) is 0.778. The Bertz CT molecular complexity index is 478. The molecular weight excluding hydrogens is 390 g/mol. The zero-order valence-corrected chi connectivity index (χ0v) is 20.1. The van der Waals surface area contributed by atoms with Gasteiger partial charge in [0, 0.05) is 0 Å². The quantitative estimate of drug-likeness (QED) is 0.162. The maximum absolute atomic E-state index is 11.9. The third-order valence-corrected chi connectivity index (χ3v) is 5.55. The molecule has 0 aliphatic rings. The average molecular weight is 438 g/mol. The van der Waals surface area contributed by atoms with Crippen molar-refractivity contribution in [1.82, 2.24) is 0 Å². The Morgan fingerprint density at radius 1 is 0.581 bits per heavy atom. The summed E-state index contributed by atoms with van der Waals surface area (Å²) in [5.74, 6) is 0.921. The lowest BCUT2D eigenvalue weighted by Crippen LogP contribution is -2.06. The number of unbranched alkanes of at least 4 members (excludes halogenated alkanes) is 13. The highest BCUT2D eigenvalue weighted by Gasteiger charge is 1.98. The van der Waals surface area contributed by atoms with E-state index < -0.39 is 6.67 Å². The van der Waals surface area contributed by atoms with Gasteiger partial charge in [-0.3, -0.25) is 0 Å². The molecule has 0 spiro atoms. The lowest BCUT2D eigenvalue weighted by Gasteiger charge is -2.08. The first-order chi connectivity index (χ1) is 15.4. The number of benzene rings is 1. The summed E-state index contributed by atoms with van der Waals surface area (Å²) < 4.78 is 28.3. The van der Waals surface area contributed by atoms with Crippen molar-refractivity contribution in [3.63, 3.8) is 0 Å². The Kier molecular flexibility index (Phi) is 19.9. The van der Waals surface area contributed by atoms with Gasteiger partial charge in [-0.1, -0.05) is 103 Å². The maximum Gasteiger partial charge on any atom is 0.119 e. The highest BCUT2D eigenvalue weighted by atomic mass is 18.2. The standard InChI is InChI=1S/C27H47FO3/c1-2-3-4-5-6-7-8-9-10-11-12-13-14-15-21-31-27-18-16-26(17-19-27)25-30-24-23-29-22-20-28/h16-19H,2-15,20-25H2,1H3/i28-1. The second-order valence-electron chi connectivity index (χ2n) is 8.44. The number of ether oxygens (including phenoxy) is 3. The van der Waals surface area contributed by atoms with Crippen LogP contribution in [-0.2, 0) is 16.1 Å². The van der Waals surface area contributed by atoms with Gasteiger partial charge in [0.25, 0.3) is 0 Å². The fourth-order valence-corrected chi connectivity index (χ4v) is 3.63. The van der Waals surface area contributed by atoms with E-state index in [0.717, 1.165) is 24.3 Å². The summed E-state index contributed by atoms with van der Waals surface area (Å²) in [6.45, 7) is 4.23. The number of hydrogen-bond donors (Lipinski definition) is 0. The smallest absolute Gasteiger partial charge is 0.119 e. The van der Waals surface area contributed by atoms with Crippen molar-refractivity contribution in [3.05, 3.63) is 29.8 Å². The SMILES string of the molecule is CCCCCCCCCCCCCCCCOc1ccc(COCCOCC[18F])cc1. The molecule has 1 aromatic rings. The number of halogens is 1. The predicted octanol–water partition coefficient (Wildman–Crippen LogP) is 8.05. The molecule has 180 valence electrons. The predicted molar refractivity (Wildman–Crippen MR) is 129 cm³/mol. The van der Waals surface area contributed by atoms with Crippen LogP contribution in [0.1, 0.15) is 102 Å². The molecule has 3 nitrogen and oxygen atoms in total. The van der Waals surface area contributed by atoms with Gasteiger partial charge < -0.3 is 14.2 Å². The van der Waals surface area contributed by atoms with E-state index in [4.69, 9.17) is 14.2 Å². The van der Waals surface area contributed by atoms with Crippen LogP contribution >= 0.6 is 0 Å². The molecule has 0 heterocycles. The molecule has 0 aromatic heterocycles. The van der Waals surface area contributed by atoms with Gasteiger partial charge in [-0.15, -0.1) is 0 Å². The summed E-state index contributed by atoms with van der Waals surface area (Å²) in [6.07, 6.45) is 19.2. The Morgan fingerprint density at radius 2 is 1.10 bits per heavy atom. The highest BCUT2D eigenvalue weighted by molar-refractivity contribution is 5.26. The van der Waals surface area contributed by atoms with Crippen LogP contribution in [0.25, 0.3) is 0 Å². The molecule has 0 fully saturated rings. The van der Waals surface area contributed by atoms with Crippen molar-refractivity contribution in [3.8, 4) is 5.75 Å². The molecule has 0 aliphatic carbocycles. The van der Waals surface area contributed by atoms with Gasteiger partial charge in [-0.2, -0.15) is 0 Å². The minimum Gasteiger partial charge on any atom is -0.494 e. The molecule has 0 saturated heterocycles. The Morgan fingerprint density at radius 3 is 1.65 bits per heavy atom. The van der Waals surface area contributed by atoms with E-state index in [-0.39, 0.29) is 6.61 Å². The van der Waals surface area contributed by atoms with E-state index in [1.54, 1.807) is 0 Å². The normalized spacial score (nSPS) is 11.2. The van der Waals surface area contributed by atoms with Crippen LogP contribution in [0.3, 0.4) is 0 Å². The Balaban J connectivity index is 1.86. The number of rotatable bonds is 23. The second-order valence-corrected chi connectivity index (χ2v) is 8.44.